The highest BCUT2D eigenvalue weighted by atomic mass is 79.9. The molecule has 1 aromatic heterocycles. The molecule has 2 aromatic carbocycles. The van der Waals surface area contributed by atoms with Crippen LogP contribution in [0.2, 0.25) is 0 Å². The van der Waals surface area contributed by atoms with Crippen molar-refractivity contribution < 1.29 is 4.79 Å². The van der Waals surface area contributed by atoms with E-state index in [1.807, 2.05) is 42.2 Å². The molecule has 0 unspecified atom stereocenters. The first-order valence-electron chi connectivity index (χ1n) is 10.00. The van der Waals surface area contributed by atoms with Crippen LogP contribution >= 0.6 is 15.9 Å². The minimum Gasteiger partial charge on any atom is -0.336 e. The Morgan fingerprint density at radius 2 is 1.93 bits per heavy atom. The molecule has 0 aliphatic carbocycles. The van der Waals surface area contributed by atoms with Gasteiger partial charge < -0.3 is 15.1 Å². The predicted molar refractivity (Wildman–Crippen MR) is 120 cm³/mol. The summed E-state index contributed by atoms with van der Waals surface area (Å²) in [7, 11) is 0. The number of benzene rings is 2. The molecule has 1 fully saturated rings. The molecule has 30 heavy (non-hydrogen) atoms. The molecule has 4 rings (SSSR count). The molecule has 9 heteroatoms. The number of carbonyl (C=O) groups excluding carboxylic acids is 1. The van der Waals surface area contributed by atoms with Crippen molar-refractivity contribution >= 4 is 33.6 Å². The molecule has 3 aromatic rings. The van der Waals surface area contributed by atoms with E-state index >= 15 is 0 Å². The second-order valence-corrected chi connectivity index (χ2v) is 8.14. The van der Waals surface area contributed by atoms with E-state index in [4.69, 9.17) is 0 Å². The third kappa shape index (κ3) is 4.30. The fourth-order valence-electron chi connectivity index (χ4n) is 3.49. The molecule has 2 amide bonds. The molecule has 0 saturated carbocycles. The Morgan fingerprint density at radius 1 is 1.13 bits per heavy atom. The highest BCUT2D eigenvalue weighted by Crippen LogP contribution is 2.21. The molecule has 1 saturated heterocycles. The molecule has 8 nitrogen and oxygen atoms in total. The third-order valence-electron chi connectivity index (χ3n) is 5.28. The maximum absolute atomic E-state index is 12.7. The van der Waals surface area contributed by atoms with Gasteiger partial charge in [-0.2, -0.15) is 4.68 Å². The predicted octanol–water partition coefficient (Wildman–Crippen LogP) is 3.65. The van der Waals surface area contributed by atoms with Crippen molar-refractivity contribution in [3.05, 3.63) is 58.1 Å². The number of piperazine rings is 1. The van der Waals surface area contributed by atoms with Gasteiger partial charge in [0.25, 0.3) is 0 Å². The van der Waals surface area contributed by atoms with Crippen molar-refractivity contribution in [2.75, 3.05) is 36.4 Å². The Hall–Kier alpha value is -2.94. The fraction of sp³-hybridized carbons (Fsp3) is 0.333. The molecule has 1 aliphatic rings. The van der Waals surface area contributed by atoms with Gasteiger partial charge in [-0.05, 0) is 65.2 Å². The van der Waals surface area contributed by atoms with Crippen molar-refractivity contribution in [1.82, 2.24) is 25.1 Å². The standard InChI is InChI=1S/C21H24BrN7O/c1-3-16-5-4-6-18(14-16)29-20(24-25-26-29)27-9-11-28(12-10-27)21(30)23-17-7-8-19(22)15(2)13-17/h4-8,13-14H,3,9-12H2,1-2H3,(H,23,30). The quantitative estimate of drug-likeness (QED) is 0.630. The molecule has 2 heterocycles. The second-order valence-electron chi connectivity index (χ2n) is 7.28. The SMILES string of the molecule is CCc1cccc(-n2nnnc2N2CCN(C(=O)Nc3ccc(Br)c(C)c3)CC2)c1. The second kappa shape index (κ2) is 8.83. The fourth-order valence-corrected chi connectivity index (χ4v) is 3.74. The van der Waals surface area contributed by atoms with E-state index in [-0.39, 0.29) is 6.03 Å². The summed E-state index contributed by atoms with van der Waals surface area (Å²) in [4.78, 5) is 16.6. The lowest BCUT2D eigenvalue weighted by Gasteiger charge is -2.34. The van der Waals surface area contributed by atoms with Crippen molar-refractivity contribution in [3.8, 4) is 5.69 Å². The summed E-state index contributed by atoms with van der Waals surface area (Å²) in [6, 6.07) is 13.9. The van der Waals surface area contributed by atoms with Crippen LogP contribution in [-0.4, -0.2) is 57.3 Å². The Kier molecular flexibility index (Phi) is 5.98. The molecule has 0 bridgehead atoms. The van der Waals surface area contributed by atoms with Gasteiger partial charge in [-0.3, -0.25) is 0 Å². The summed E-state index contributed by atoms with van der Waals surface area (Å²) >= 11 is 3.48. The Labute approximate surface area is 184 Å². The largest absolute Gasteiger partial charge is 0.336 e. The number of tetrazole rings is 1. The van der Waals surface area contributed by atoms with E-state index in [2.05, 4.69) is 60.7 Å². The van der Waals surface area contributed by atoms with E-state index in [0.29, 0.717) is 32.1 Å². The van der Waals surface area contributed by atoms with Crippen molar-refractivity contribution in [1.29, 1.82) is 0 Å². The monoisotopic (exact) mass is 469 g/mol. The van der Waals surface area contributed by atoms with Gasteiger partial charge in [0, 0.05) is 36.3 Å². The van der Waals surface area contributed by atoms with Crippen molar-refractivity contribution in [2.45, 2.75) is 20.3 Å². The van der Waals surface area contributed by atoms with Crippen LogP contribution in [0.15, 0.2) is 46.9 Å². The number of rotatable bonds is 4. The van der Waals surface area contributed by atoms with Crippen LogP contribution in [0.3, 0.4) is 0 Å². The van der Waals surface area contributed by atoms with Gasteiger partial charge in [0.1, 0.15) is 0 Å². The minimum atomic E-state index is -0.0911. The topological polar surface area (TPSA) is 79.2 Å². The number of aromatic nitrogens is 4. The highest BCUT2D eigenvalue weighted by molar-refractivity contribution is 9.10. The number of halogens is 1. The first-order valence-corrected chi connectivity index (χ1v) is 10.8. The van der Waals surface area contributed by atoms with Crippen LogP contribution < -0.4 is 10.2 Å². The number of hydrogen-bond acceptors (Lipinski definition) is 5. The molecule has 1 aliphatic heterocycles. The molecule has 0 radical (unpaired) electrons. The van der Waals surface area contributed by atoms with Gasteiger partial charge in [0.2, 0.25) is 5.95 Å². The smallest absolute Gasteiger partial charge is 0.321 e. The van der Waals surface area contributed by atoms with Crippen molar-refractivity contribution in [2.24, 2.45) is 0 Å². The van der Waals surface area contributed by atoms with E-state index in [0.717, 1.165) is 27.8 Å². The number of nitrogens with zero attached hydrogens (tertiary/aromatic N) is 6. The Bertz CT molecular complexity index is 1040. The summed E-state index contributed by atoms with van der Waals surface area (Å²) in [5.74, 6) is 0.701. The molecule has 0 spiro atoms. The molecular weight excluding hydrogens is 446 g/mol. The van der Waals surface area contributed by atoms with Crippen LogP contribution in [0.5, 0.6) is 0 Å². The Balaban J connectivity index is 1.41. The lowest BCUT2D eigenvalue weighted by molar-refractivity contribution is 0.208. The maximum atomic E-state index is 12.7. The van der Waals surface area contributed by atoms with E-state index in [1.165, 1.54) is 5.56 Å². The van der Waals surface area contributed by atoms with Crippen LogP contribution in [0.1, 0.15) is 18.1 Å². The highest BCUT2D eigenvalue weighted by Gasteiger charge is 2.25. The summed E-state index contributed by atoms with van der Waals surface area (Å²) < 4.78 is 2.79. The average molecular weight is 470 g/mol. The zero-order chi connectivity index (χ0) is 21.1. The van der Waals surface area contributed by atoms with Crippen LogP contribution in [-0.2, 0) is 6.42 Å². The first-order chi connectivity index (χ1) is 14.5. The lowest BCUT2D eigenvalue weighted by atomic mass is 10.1. The molecule has 156 valence electrons. The van der Waals surface area contributed by atoms with E-state index < -0.39 is 0 Å². The number of amides is 2. The first kappa shape index (κ1) is 20.3. The zero-order valence-electron chi connectivity index (χ0n) is 17.0. The number of aryl methyl sites for hydroxylation is 2. The van der Waals surface area contributed by atoms with Gasteiger partial charge in [-0.1, -0.05) is 40.1 Å². The van der Waals surface area contributed by atoms with E-state index in [9.17, 15) is 4.79 Å². The maximum Gasteiger partial charge on any atom is 0.321 e. The third-order valence-corrected chi connectivity index (χ3v) is 6.17. The number of nitrogens with one attached hydrogen (secondary N) is 1. The normalized spacial score (nSPS) is 14.1. The molecular formula is C21H24BrN7O. The Morgan fingerprint density at radius 3 is 2.67 bits per heavy atom. The lowest BCUT2D eigenvalue weighted by Crippen LogP contribution is -2.50. The van der Waals surface area contributed by atoms with Gasteiger partial charge in [-0.25, -0.2) is 4.79 Å². The zero-order valence-corrected chi connectivity index (χ0v) is 18.6. The summed E-state index contributed by atoms with van der Waals surface area (Å²) in [6.45, 7) is 6.66. The van der Waals surface area contributed by atoms with Gasteiger partial charge in [0.05, 0.1) is 5.69 Å². The van der Waals surface area contributed by atoms with Gasteiger partial charge >= 0.3 is 6.03 Å². The summed E-state index contributed by atoms with van der Waals surface area (Å²) in [5, 5.41) is 15.3. The van der Waals surface area contributed by atoms with Crippen LogP contribution in [0.4, 0.5) is 16.4 Å². The van der Waals surface area contributed by atoms with E-state index in [1.54, 1.807) is 4.68 Å². The summed E-state index contributed by atoms with van der Waals surface area (Å²) in [5.41, 5.74) is 4.05. The number of carbonyl (C=O) groups is 1. The molecule has 0 atom stereocenters. The number of urea groups is 1. The van der Waals surface area contributed by atoms with Gasteiger partial charge in [-0.15, -0.1) is 0 Å². The minimum absolute atomic E-state index is 0.0911. The summed E-state index contributed by atoms with van der Waals surface area (Å²) in [6.07, 6.45) is 0.955. The number of anilines is 2. The van der Waals surface area contributed by atoms with Gasteiger partial charge in [0.15, 0.2) is 0 Å². The van der Waals surface area contributed by atoms with Crippen molar-refractivity contribution in [3.63, 3.8) is 0 Å². The average Bonchev–Trinajstić information content (AvgIpc) is 3.26. The van der Waals surface area contributed by atoms with Crippen LogP contribution in [0, 0.1) is 6.92 Å². The number of hydrogen-bond donors (Lipinski definition) is 1. The molecule has 1 N–H and O–H groups in total. The van der Waals surface area contributed by atoms with Crippen LogP contribution in [0.25, 0.3) is 5.69 Å².